The van der Waals surface area contributed by atoms with Crippen molar-refractivity contribution in [2.75, 3.05) is 25.1 Å². The molecule has 0 bridgehead atoms. The molecule has 2 aromatic rings. The van der Waals surface area contributed by atoms with Gasteiger partial charge in [0.15, 0.2) is 23.2 Å². The molecule has 184 valence electrons. The molecule has 5 N–H and O–H groups in total. The molecule has 0 saturated carbocycles. The number of imidazole rings is 1. The van der Waals surface area contributed by atoms with E-state index in [2.05, 4.69) is 48.4 Å². The first-order valence-electron chi connectivity index (χ1n) is 9.31. The van der Waals surface area contributed by atoms with Gasteiger partial charge in [0.1, 0.15) is 24.6 Å². The second kappa shape index (κ2) is 14.4. The van der Waals surface area contributed by atoms with Gasteiger partial charge in [-0.25, -0.2) is 15.0 Å². The zero-order valence-electron chi connectivity index (χ0n) is 19.0. The Balaban J connectivity index is 0.00000306. The quantitative estimate of drug-likeness (QED) is 0.0993. The Morgan fingerprint density at radius 3 is 2.51 bits per heavy atom. The number of nitrogens with one attached hydrogen (secondary N) is 1. The molecule has 1 fully saturated rings. The van der Waals surface area contributed by atoms with Crippen LogP contribution in [0, 0.1) is 0 Å². The first kappa shape index (κ1) is 34.1. The Labute approximate surface area is 254 Å². The van der Waals surface area contributed by atoms with Gasteiger partial charge in [0, 0.05) is 6.54 Å². The molecule has 1 aliphatic heterocycles. The number of hydrogen-bond acceptors (Lipinski definition) is 13. The molecule has 0 aliphatic carbocycles. The second-order valence-electron chi connectivity index (χ2n) is 7.03. The number of aliphatic hydroxyl groups is 2. The van der Waals surface area contributed by atoms with E-state index < -0.39 is 44.6 Å². The van der Waals surface area contributed by atoms with E-state index in [1.807, 2.05) is 0 Å². The van der Waals surface area contributed by atoms with Crippen LogP contribution in [0.25, 0.3) is 11.2 Å². The number of rotatable bonds is 10. The maximum atomic E-state index is 10.9. The van der Waals surface area contributed by atoms with Gasteiger partial charge in [0.05, 0.1) is 19.5 Å². The van der Waals surface area contributed by atoms with Crippen molar-refractivity contribution in [3.8, 4) is 0 Å². The summed E-state index contributed by atoms with van der Waals surface area (Å²) in [6, 6.07) is 0. The Kier molecular flexibility index (Phi) is 14.0. The third-order valence-corrected chi connectivity index (χ3v) is 6.11. The van der Waals surface area contributed by atoms with Gasteiger partial charge in [0.25, 0.3) is 0 Å². The molecular weight excluding hydrogens is 566 g/mol. The average molecular weight is 587 g/mol. The summed E-state index contributed by atoms with van der Waals surface area (Å²) in [6.45, 7) is -6.84. The molecule has 35 heavy (non-hydrogen) atoms. The zero-order valence-corrected chi connectivity index (χ0v) is 26.4. The van der Waals surface area contributed by atoms with Crippen LogP contribution in [0.2, 0.25) is 0 Å². The number of anilines is 1. The minimum absolute atomic E-state index is 0. The number of fused-ring (bicyclic) bond motifs is 1. The molecule has 14 nitrogen and oxygen atoms in total. The second-order valence-corrected chi connectivity index (χ2v) is 12.2. The zero-order chi connectivity index (χ0) is 24.4. The predicted molar refractivity (Wildman–Crippen MR) is 118 cm³/mol. The molecule has 4 atom stereocenters. The van der Waals surface area contributed by atoms with E-state index in [1.54, 1.807) is 13.0 Å². The molecule has 0 unspecified atom stereocenters. The summed E-state index contributed by atoms with van der Waals surface area (Å²) in [5, 5.41) is 23.7. The summed E-state index contributed by atoms with van der Waals surface area (Å²) < 4.78 is 16.3. The molecule has 3 rings (SSSR count). The fourth-order valence-corrected chi connectivity index (χ4v) is 4.04. The molecule has 20 heteroatoms. The molecule has 1 aliphatic rings. The molecular formula is C15H21N5Na2O9P2S2. The summed E-state index contributed by atoms with van der Waals surface area (Å²) in [4.78, 5) is 52.7. The summed E-state index contributed by atoms with van der Waals surface area (Å²) in [5.74, 6) is 0.357. The normalized spacial score (nSPS) is 23.1. The molecule has 1 saturated heterocycles. The van der Waals surface area contributed by atoms with Crippen LogP contribution in [-0.4, -0.2) is 77.6 Å². The molecule has 0 radical (unpaired) electrons. The molecule has 0 spiro atoms. The summed E-state index contributed by atoms with van der Waals surface area (Å²) in [7, 11) is 0. The number of ether oxygens (including phenoxy) is 1. The third-order valence-electron chi connectivity index (χ3n) is 4.55. The van der Waals surface area contributed by atoms with E-state index in [0.29, 0.717) is 22.6 Å². The Bertz CT molecular complexity index is 1120. The van der Waals surface area contributed by atoms with Crippen LogP contribution in [0.15, 0.2) is 24.3 Å². The van der Waals surface area contributed by atoms with Crippen LogP contribution in [0.5, 0.6) is 0 Å². The van der Waals surface area contributed by atoms with Crippen molar-refractivity contribution >= 4 is 54.0 Å². The van der Waals surface area contributed by atoms with E-state index >= 15 is 0 Å². The average Bonchev–Trinajstić information content (AvgIpc) is 3.26. The molecule has 3 heterocycles. The van der Waals surface area contributed by atoms with Crippen LogP contribution in [-0.2, 0) is 37.4 Å². The van der Waals surface area contributed by atoms with Gasteiger partial charge in [-0.05, 0) is 24.3 Å². The van der Waals surface area contributed by atoms with Gasteiger partial charge in [-0.2, -0.15) is 0 Å². The monoisotopic (exact) mass is 587 g/mol. The SMILES string of the molecule is C/C(=C\CNc1ncnc2c1ncn2[C@@H]1O[C@H](COP(O)(O)=S)[C@@H](O)[C@H]1O)COP([O-])([O-])=S.[Na+].[Na+]. The smallest absolute Gasteiger partial charge is 0.812 e. The minimum Gasteiger partial charge on any atom is -0.812 e. The maximum Gasteiger partial charge on any atom is 1.00 e. The van der Waals surface area contributed by atoms with Gasteiger partial charge in [-0.15, -0.1) is 11.8 Å². The van der Waals surface area contributed by atoms with Crippen LogP contribution >= 0.6 is 13.4 Å². The Morgan fingerprint density at radius 2 is 1.89 bits per heavy atom. The van der Waals surface area contributed by atoms with E-state index in [0.717, 1.165) is 0 Å². The van der Waals surface area contributed by atoms with Crippen LogP contribution < -0.4 is 74.2 Å². The van der Waals surface area contributed by atoms with Crippen LogP contribution in [0.1, 0.15) is 13.2 Å². The standard InChI is InChI=1S/C15H23N5O9P2S2.2Na/c1-8(4-27-30(23,24)32)2-3-16-13-10-14(18-6-17-13)20(7-19-10)15-12(22)11(21)9(29-15)5-28-31(25,26)33;;/h2,6-7,9,11-12,15,21-22H,3-5H2,1H3,(H,16,17,18)(H2,23,24,32)(H2,25,26,33);;/q;2*+1/p-2/b8-2+;;/t9-,11-,12-,15-;;/m1../s1. The van der Waals surface area contributed by atoms with E-state index in [9.17, 15) is 29.8 Å². The maximum absolute atomic E-state index is 10.9. The topological polar surface area (TPSA) is 210 Å². The fourth-order valence-electron chi connectivity index (χ4n) is 3.00. The van der Waals surface area contributed by atoms with Crippen molar-refractivity contribution in [1.29, 1.82) is 0 Å². The van der Waals surface area contributed by atoms with Gasteiger partial charge in [-0.1, -0.05) is 12.8 Å². The van der Waals surface area contributed by atoms with Crippen molar-refractivity contribution in [3.63, 3.8) is 0 Å². The predicted octanol–water partition coefficient (Wildman–Crippen LogP) is -8.00. The summed E-state index contributed by atoms with van der Waals surface area (Å²) in [5.41, 5.74) is 1.27. The van der Waals surface area contributed by atoms with Gasteiger partial charge in [-0.3, -0.25) is 4.57 Å². The molecule has 0 aromatic carbocycles. The molecule has 0 amide bonds. The van der Waals surface area contributed by atoms with Crippen molar-refractivity contribution < 1.29 is 103 Å². The Hall–Kier alpha value is 1.03. The molecule has 2 aromatic heterocycles. The van der Waals surface area contributed by atoms with E-state index in [4.69, 9.17) is 9.26 Å². The summed E-state index contributed by atoms with van der Waals surface area (Å²) in [6.07, 6.45) is -0.631. The number of aromatic nitrogens is 4. The van der Waals surface area contributed by atoms with Gasteiger partial charge >= 0.3 is 65.8 Å². The van der Waals surface area contributed by atoms with Gasteiger partial charge < -0.3 is 48.9 Å². The Morgan fingerprint density at radius 1 is 1.20 bits per heavy atom. The van der Waals surface area contributed by atoms with E-state index in [1.165, 1.54) is 17.2 Å². The van der Waals surface area contributed by atoms with Gasteiger partial charge in [0.2, 0.25) is 0 Å². The van der Waals surface area contributed by atoms with Crippen molar-refractivity contribution in [2.45, 2.75) is 31.5 Å². The van der Waals surface area contributed by atoms with Crippen molar-refractivity contribution in [2.24, 2.45) is 0 Å². The minimum atomic E-state index is -4.22. The number of hydrogen-bond donors (Lipinski definition) is 5. The third kappa shape index (κ3) is 9.93. The summed E-state index contributed by atoms with van der Waals surface area (Å²) >= 11 is 8.55. The van der Waals surface area contributed by atoms with Crippen LogP contribution in [0.4, 0.5) is 5.82 Å². The number of aliphatic hydroxyl groups excluding tert-OH is 2. The van der Waals surface area contributed by atoms with Crippen LogP contribution in [0.3, 0.4) is 0 Å². The van der Waals surface area contributed by atoms with E-state index in [-0.39, 0.29) is 72.3 Å². The first-order chi connectivity index (χ1) is 15.4. The number of nitrogens with zero attached hydrogens (tertiary/aromatic N) is 4. The van der Waals surface area contributed by atoms with Crippen molar-refractivity contribution in [1.82, 2.24) is 19.5 Å². The first-order valence-corrected chi connectivity index (χ1v) is 14.5. The van der Waals surface area contributed by atoms with Crippen molar-refractivity contribution in [3.05, 3.63) is 24.3 Å². The fraction of sp³-hybridized carbons (Fsp3) is 0.533. The largest absolute Gasteiger partial charge is 1.00 e.